The second kappa shape index (κ2) is 5.16. The Kier molecular flexibility index (Phi) is 3.62. The van der Waals surface area contributed by atoms with Gasteiger partial charge in [-0.1, -0.05) is 6.42 Å². The Hall–Kier alpha value is -1.29. The van der Waals surface area contributed by atoms with Crippen LogP contribution in [0.15, 0.2) is 22.8 Å². The summed E-state index contributed by atoms with van der Waals surface area (Å²) in [5.41, 5.74) is 6.00. The van der Waals surface area contributed by atoms with Crippen LogP contribution >= 0.6 is 0 Å². The molecule has 0 saturated carbocycles. The van der Waals surface area contributed by atoms with Crippen molar-refractivity contribution in [3.63, 3.8) is 0 Å². The molecule has 2 heterocycles. The lowest BCUT2D eigenvalue weighted by Crippen LogP contribution is -2.36. The number of hydrogen-bond acceptors (Lipinski definition) is 3. The highest BCUT2D eigenvalue weighted by Crippen LogP contribution is 2.16. The Morgan fingerprint density at radius 3 is 3.06 bits per heavy atom. The van der Waals surface area contributed by atoms with E-state index in [0.29, 0.717) is 13.0 Å². The molecule has 0 bridgehead atoms. The molecule has 1 aliphatic rings. The summed E-state index contributed by atoms with van der Waals surface area (Å²) >= 11 is 0. The van der Waals surface area contributed by atoms with Gasteiger partial charge in [0.25, 0.3) is 0 Å². The molecule has 0 radical (unpaired) electrons. The van der Waals surface area contributed by atoms with Crippen LogP contribution in [0.3, 0.4) is 0 Å². The summed E-state index contributed by atoms with van der Waals surface area (Å²) < 4.78 is 5.24. The normalized spacial score (nSPS) is 19.6. The number of furan rings is 1. The lowest BCUT2D eigenvalue weighted by atomic mass is 10.2. The zero-order valence-electron chi connectivity index (χ0n) is 9.39. The van der Waals surface area contributed by atoms with Crippen LogP contribution in [-0.2, 0) is 4.79 Å². The van der Waals surface area contributed by atoms with Crippen molar-refractivity contribution in [3.05, 3.63) is 24.2 Å². The number of amides is 1. The van der Waals surface area contributed by atoms with E-state index in [1.807, 2.05) is 17.0 Å². The molecule has 1 aliphatic heterocycles. The number of rotatable bonds is 3. The van der Waals surface area contributed by atoms with Crippen molar-refractivity contribution in [2.75, 3.05) is 13.1 Å². The third-order valence-corrected chi connectivity index (χ3v) is 3.00. The molecule has 0 aromatic carbocycles. The van der Waals surface area contributed by atoms with Crippen molar-refractivity contribution < 1.29 is 9.21 Å². The van der Waals surface area contributed by atoms with Crippen LogP contribution in [0.25, 0.3) is 0 Å². The molecule has 0 aliphatic carbocycles. The van der Waals surface area contributed by atoms with Gasteiger partial charge in [0.15, 0.2) is 0 Å². The molecule has 1 amide bonds. The summed E-state index contributed by atoms with van der Waals surface area (Å²) in [7, 11) is 0. The van der Waals surface area contributed by atoms with Crippen LogP contribution in [0, 0.1) is 0 Å². The second-order valence-electron chi connectivity index (χ2n) is 4.27. The predicted molar refractivity (Wildman–Crippen MR) is 60.7 cm³/mol. The number of likely N-dealkylation sites (tertiary alicyclic amines) is 1. The summed E-state index contributed by atoms with van der Waals surface area (Å²) in [5, 5.41) is 0. The maximum atomic E-state index is 11.8. The van der Waals surface area contributed by atoms with Crippen LogP contribution < -0.4 is 5.73 Å². The number of carbonyl (C=O) groups is 1. The van der Waals surface area contributed by atoms with Gasteiger partial charge in [-0.15, -0.1) is 0 Å². The first-order valence-corrected chi connectivity index (χ1v) is 5.84. The van der Waals surface area contributed by atoms with Gasteiger partial charge in [0, 0.05) is 19.5 Å². The van der Waals surface area contributed by atoms with E-state index in [2.05, 4.69) is 0 Å². The molecule has 1 saturated heterocycles. The Balaban J connectivity index is 1.94. The zero-order chi connectivity index (χ0) is 11.4. The van der Waals surface area contributed by atoms with E-state index in [0.717, 1.165) is 31.6 Å². The van der Waals surface area contributed by atoms with Crippen molar-refractivity contribution in [2.45, 2.75) is 31.7 Å². The maximum Gasteiger partial charge on any atom is 0.222 e. The molecule has 0 spiro atoms. The van der Waals surface area contributed by atoms with Gasteiger partial charge in [0.1, 0.15) is 5.76 Å². The summed E-state index contributed by atoms with van der Waals surface area (Å²) in [4.78, 5) is 13.6. The van der Waals surface area contributed by atoms with Gasteiger partial charge in [-0.25, -0.2) is 0 Å². The minimum atomic E-state index is -0.211. The van der Waals surface area contributed by atoms with Gasteiger partial charge in [0.2, 0.25) is 5.91 Å². The van der Waals surface area contributed by atoms with E-state index in [4.69, 9.17) is 10.2 Å². The van der Waals surface area contributed by atoms with E-state index < -0.39 is 0 Å². The second-order valence-corrected chi connectivity index (χ2v) is 4.27. The minimum absolute atomic E-state index is 0.211. The smallest absolute Gasteiger partial charge is 0.222 e. The van der Waals surface area contributed by atoms with Crippen molar-refractivity contribution in [1.82, 2.24) is 4.90 Å². The highest BCUT2D eigenvalue weighted by Gasteiger charge is 2.20. The molecule has 88 valence electrons. The fourth-order valence-electron chi connectivity index (χ4n) is 2.06. The standard InChI is InChI=1S/C12H18N2O2/c13-10(11-5-4-8-16-11)9-14-7-3-1-2-6-12(14)15/h4-5,8,10H,1-3,6-7,9,13H2. The summed E-state index contributed by atoms with van der Waals surface area (Å²) in [5.74, 6) is 0.969. The third kappa shape index (κ3) is 2.64. The Morgan fingerprint density at radius 2 is 2.31 bits per heavy atom. The monoisotopic (exact) mass is 222 g/mol. The molecule has 1 fully saturated rings. The van der Waals surface area contributed by atoms with Gasteiger partial charge in [-0.05, 0) is 25.0 Å². The Morgan fingerprint density at radius 1 is 1.44 bits per heavy atom. The first-order valence-electron chi connectivity index (χ1n) is 5.84. The predicted octanol–water partition coefficient (Wildman–Crippen LogP) is 1.68. The first kappa shape index (κ1) is 11.2. The van der Waals surface area contributed by atoms with E-state index >= 15 is 0 Å². The van der Waals surface area contributed by atoms with Gasteiger partial charge < -0.3 is 15.1 Å². The molecular formula is C12H18N2O2. The molecule has 2 N–H and O–H groups in total. The molecule has 4 nitrogen and oxygen atoms in total. The van der Waals surface area contributed by atoms with E-state index in [1.54, 1.807) is 6.26 Å². The van der Waals surface area contributed by atoms with Crippen LogP contribution in [0.1, 0.15) is 37.5 Å². The minimum Gasteiger partial charge on any atom is -0.468 e. The molecule has 1 unspecified atom stereocenters. The van der Waals surface area contributed by atoms with Gasteiger partial charge in [0.05, 0.1) is 12.3 Å². The maximum absolute atomic E-state index is 11.8. The summed E-state index contributed by atoms with van der Waals surface area (Å²) in [6.45, 7) is 1.39. The quantitative estimate of drug-likeness (QED) is 0.846. The van der Waals surface area contributed by atoms with E-state index in [-0.39, 0.29) is 11.9 Å². The van der Waals surface area contributed by atoms with Gasteiger partial charge >= 0.3 is 0 Å². The average Bonchev–Trinajstić information content (AvgIpc) is 2.73. The molecule has 1 aromatic heterocycles. The summed E-state index contributed by atoms with van der Waals surface area (Å²) in [6.07, 6.45) is 5.49. The molecule has 1 aromatic rings. The molecule has 2 rings (SSSR count). The highest BCUT2D eigenvalue weighted by atomic mass is 16.3. The fraction of sp³-hybridized carbons (Fsp3) is 0.583. The number of carbonyl (C=O) groups excluding carboxylic acids is 1. The highest BCUT2D eigenvalue weighted by molar-refractivity contribution is 5.76. The topological polar surface area (TPSA) is 59.5 Å². The van der Waals surface area contributed by atoms with Crippen molar-refractivity contribution in [1.29, 1.82) is 0 Å². The van der Waals surface area contributed by atoms with E-state index in [9.17, 15) is 4.79 Å². The van der Waals surface area contributed by atoms with Crippen molar-refractivity contribution in [2.24, 2.45) is 5.73 Å². The number of hydrogen-bond donors (Lipinski definition) is 1. The van der Waals surface area contributed by atoms with Crippen molar-refractivity contribution >= 4 is 5.91 Å². The molecular weight excluding hydrogens is 204 g/mol. The fourth-order valence-corrected chi connectivity index (χ4v) is 2.06. The van der Waals surface area contributed by atoms with Gasteiger partial charge in [-0.2, -0.15) is 0 Å². The van der Waals surface area contributed by atoms with Crippen molar-refractivity contribution in [3.8, 4) is 0 Å². The van der Waals surface area contributed by atoms with Crippen LogP contribution in [-0.4, -0.2) is 23.9 Å². The zero-order valence-corrected chi connectivity index (χ0v) is 9.39. The van der Waals surface area contributed by atoms with Crippen LogP contribution in [0.5, 0.6) is 0 Å². The summed E-state index contributed by atoms with van der Waals surface area (Å²) in [6, 6.07) is 3.46. The Labute approximate surface area is 95.4 Å². The SMILES string of the molecule is NC(CN1CCCCCC1=O)c1ccco1. The van der Waals surface area contributed by atoms with Crippen LogP contribution in [0.4, 0.5) is 0 Å². The third-order valence-electron chi connectivity index (χ3n) is 3.00. The lowest BCUT2D eigenvalue weighted by molar-refractivity contribution is -0.131. The Bertz CT molecular complexity index is 335. The molecule has 4 heteroatoms. The molecule has 16 heavy (non-hydrogen) atoms. The number of nitrogens with two attached hydrogens (primary N) is 1. The molecule has 1 atom stereocenters. The van der Waals surface area contributed by atoms with Crippen LogP contribution in [0.2, 0.25) is 0 Å². The number of nitrogens with zero attached hydrogens (tertiary/aromatic N) is 1. The average molecular weight is 222 g/mol. The largest absolute Gasteiger partial charge is 0.468 e. The van der Waals surface area contributed by atoms with E-state index in [1.165, 1.54) is 0 Å². The lowest BCUT2D eigenvalue weighted by Gasteiger charge is -2.23. The van der Waals surface area contributed by atoms with Gasteiger partial charge in [-0.3, -0.25) is 4.79 Å². The first-order chi connectivity index (χ1) is 7.77.